The molecule has 2 rings (SSSR count). The van der Waals surface area contributed by atoms with E-state index in [9.17, 15) is 9.90 Å². The Hall–Kier alpha value is -0.633. The summed E-state index contributed by atoms with van der Waals surface area (Å²) in [7, 11) is 0. The van der Waals surface area contributed by atoms with Gasteiger partial charge in [-0.3, -0.25) is 4.99 Å². The average Bonchev–Trinajstić information content (AvgIpc) is 2.40. The maximum Gasteiger partial charge on any atom is 1.00 e. The van der Waals surface area contributed by atoms with Crippen molar-refractivity contribution >= 4 is 23.5 Å². The van der Waals surface area contributed by atoms with E-state index in [0.717, 1.165) is 21.9 Å². The quantitative estimate of drug-likeness (QED) is 0.414. The van der Waals surface area contributed by atoms with Crippen molar-refractivity contribution in [3.05, 3.63) is 15.6 Å². The summed E-state index contributed by atoms with van der Waals surface area (Å²) in [6, 6.07) is 0. The summed E-state index contributed by atoms with van der Waals surface area (Å²) in [6.07, 6.45) is 1.64. The molecule has 12 heavy (non-hydrogen) atoms. The molecule has 0 aromatic carbocycles. The number of carbonyl (C=O) groups is 1. The number of aliphatic imine (C=N–C) groups is 1. The van der Waals surface area contributed by atoms with Crippen LogP contribution in [0, 0.1) is 0 Å². The van der Waals surface area contributed by atoms with E-state index in [1.807, 2.05) is 0 Å². The summed E-state index contributed by atoms with van der Waals surface area (Å²) in [5, 5.41) is 10.3. The van der Waals surface area contributed by atoms with Gasteiger partial charge in [0.1, 0.15) is 11.0 Å². The fourth-order valence-electron chi connectivity index (χ4n) is 0.880. The van der Waals surface area contributed by atoms with Crippen molar-refractivity contribution in [3.63, 3.8) is 0 Å². The first-order valence-corrected chi connectivity index (χ1v) is 3.80. The molecule has 0 amide bonds. The largest absolute Gasteiger partial charge is 1.00 e. The van der Waals surface area contributed by atoms with Crippen LogP contribution in [0.15, 0.2) is 4.99 Å². The van der Waals surface area contributed by atoms with E-state index in [2.05, 4.69) is 9.98 Å². The number of aromatic carboxylic acids is 1. The molecule has 0 fully saturated rings. The molecule has 0 atom stereocenters. The first-order valence-electron chi connectivity index (χ1n) is 2.98. The Morgan fingerprint density at radius 2 is 2.42 bits per heavy atom. The molecule has 1 aliphatic heterocycles. The molecular formula is C6H3LiN2O2S. The van der Waals surface area contributed by atoms with E-state index in [1.165, 1.54) is 0 Å². The molecule has 0 unspecified atom stereocenters. The zero-order valence-corrected chi connectivity index (χ0v) is 7.22. The van der Waals surface area contributed by atoms with Gasteiger partial charge >= 0.3 is 18.9 Å². The van der Waals surface area contributed by atoms with Gasteiger partial charge in [0.05, 0.1) is 17.1 Å². The topological polar surface area (TPSA) is 65.4 Å². The third-order valence-corrected chi connectivity index (χ3v) is 2.36. The van der Waals surface area contributed by atoms with Crippen LogP contribution in [0.1, 0.15) is 20.4 Å². The van der Waals surface area contributed by atoms with Gasteiger partial charge in [-0.15, -0.1) is 11.3 Å². The Balaban J connectivity index is 0.000000720. The molecule has 56 valence electrons. The van der Waals surface area contributed by atoms with Crippen LogP contribution in [-0.4, -0.2) is 17.2 Å². The Kier molecular flexibility index (Phi) is 2.68. The van der Waals surface area contributed by atoms with E-state index < -0.39 is 5.97 Å². The van der Waals surface area contributed by atoms with Crippen LogP contribution in [0.4, 0.5) is 0 Å². The van der Waals surface area contributed by atoms with Gasteiger partial charge < -0.3 is 9.90 Å². The molecule has 1 aromatic rings. The summed E-state index contributed by atoms with van der Waals surface area (Å²) < 4.78 is 0. The molecule has 0 aliphatic carbocycles. The van der Waals surface area contributed by atoms with Gasteiger partial charge in [0.15, 0.2) is 0 Å². The van der Waals surface area contributed by atoms with E-state index >= 15 is 0 Å². The maximum atomic E-state index is 10.3. The average molecular weight is 174 g/mol. The van der Waals surface area contributed by atoms with Crippen molar-refractivity contribution in [1.82, 2.24) is 4.98 Å². The van der Waals surface area contributed by atoms with Crippen molar-refractivity contribution < 1.29 is 28.8 Å². The predicted octanol–water partition coefficient (Wildman–Crippen LogP) is -3.56. The van der Waals surface area contributed by atoms with Crippen LogP contribution in [0.5, 0.6) is 0 Å². The van der Waals surface area contributed by atoms with Crippen molar-refractivity contribution in [2.75, 3.05) is 0 Å². The summed E-state index contributed by atoms with van der Waals surface area (Å²) in [6.45, 7) is 0.499. The number of nitrogens with zero attached hydrogens (tertiary/aromatic N) is 2. The minimum atomic E-state index is -1.21. The fraction of sp³-hybridized carbons (Fsp3) is 0.167. The summed E-state index contributed by atoms with van der Waals surface area (Å²) in [5.74, 6) is -1.21. The van der Waals surface area contributed by atoms with Gasteiger partial charge in [0.2, 0.25) is 0 Å². The Labute approximate surface area is 84.5 Å². The van der Waals surface area contributed by atoms with E-state index in [1.54, 1.807) is 6.21 Å². The van der Waals surface area contributed by atoms with Crippen LogP contribution in [0.3, 0.4) is 0 Å². The maximum absolute atomic E-state index is 10.3. The molecule has 0 radical (unpaired) electrons. The Morgan fingerprint density at radius 1 is 1.67 bits per heavy atom. The van der Waals surface area contributed by atoms with Crippen molar-refractivity contribution in [2.24, 2.45) is 4.99 Å². The zero-order valence-electron chi connectivity index (χ0n) is 6.40. The number of aromatic nitrogens is 1. The van der Waals surface area contributed by atoms with Crippen LogP contribution >= 0.6 is 11.3 Å². The van der Waals surface area contributed by atoms with Gasteiger partial charge in [0, 0.05) is 6.21 Å². The van der Waals surface area contributed by atoms with Gasteiger partial charge in [-0.1, -0.05) is 0 Å². The molecule has 6 heteroatoms. The second kappa shape index (κ2) is 3.40. The van der Waals surface area contributed by atoms with Crippen LogP contribution in [0.25, 0.3) is 0 Å². The minimum Gasteiger partial charge on any atom is -0.542 e. The van der Waals surface area contributed by atoms with Gasteiger partial charge in [-0.25, -0.2) is 4.98 Å². The minimum absolute atomic E-state index is 0. The number of rotatable bonds is 1. The standard InChI is InChI=1S/C6H4N2O2S.Li/c9-6(10)5-8-3-1-7-2-4(3)11-5;/h2H,1H2,(H,9,10);/q;+1/p-1. The van der Waals surface area contributed by atoms with Crippen molar-refractivity contribution in [3.8, 4) is 0 Å². The Morgan fingerprint density at radius 3 is 3.00 bits per heavy atom. The first kappa shape index (κ1) is 9.46. The smallest absolute Gasteiger partial charge is 0.542 e. The van der Waals surface area contributed by atoms with Gasteiger partial charge in [0.25, 0.3) is 0 Å². The number of hydrogen-bond donors (Lipinski definition) is 0. The molecule has 0 saturated carbocycles. The third kappa shape index (κ3) is 1.44. The van der Waals surface area contributed by atoms with E-state index in [4.69, 9.17) is 0 Å². The number of carboxylic acids is 1. The number of fused-ring (bicyclic) bond motifs is 1. The first-order chi connectivity index (χ1) is 5.27. The molecule has 1 aliphatic rings. The third-order valence-electron chi connectivity index (χ3n) is 1.35. The second-order valence-electron chi connectivity index (χ2n) is 2.09. The summed E-state index contributed by atoms with van der Waals surface area (Å²) in [4.78, 5) is 18.9. The van der Waals surface area contributed by atoms with Gasteiger partial charge in [-0.05, 0) is 0 Å². The van der Waals surface area contributed by atoms with Crippen LogP contribution < -0.4 is 24.0 Å². The predicted molar refractivity (Wildman–Crippen MR) is 37.7 cm³/mol. The number of hydrogen-bond acceptors (Lipinski definition) is 5. The second-order valence-corrected chi connectivity index (χ2v) is 3.12. The molecule has 0 spiro atoms. The van der Waals surface area contributed by atoms with Crippen molar-refractivity contribution in [1.29, 1.82) is 0 Å². The molecule has 1 aromatic heterocycles. The molecule has 0 bridgehead atoms. The SMILES string of the molecule is O=C([O-])c1nc2c(s1)C=NC2.[Li+]. The summed E-state index contributed by atoms with van der Waals surface area (Å²) in [5.41, 5.74) is 0.745. The molecule has 2 heterocycles. The van der Waals surface area contributed by atoms with Gasteiger partial charge in [-0.2, -0.15) is 0 Å². The molecule has 0 saturated heterocycles. The van der Waals surface area contributed by atoms with Crippen LogP contribution in [0.2, 0.25) is 0 Å². The number of thiazole rings is 1. The Bertz CT molecular complexity index is 347. The summed E-state index contributed by atoms with van der Waals surface area (Å²) >= 11 is 1.11. The van der Waals surface area contributed by atoms with Crippen molar-refractivity contribution in [2.45, 2.75) is 6.54 Å². The normalized spacial score (nSPS) is 12.3. The molecular weight excluding hydrogens is 171 g/mol. The molecule has 0 N–H and O–H groups in total. The zero-order chi connectivity index (χ0) is 7.84. The van der Waals surface area contributed by atoms with E-state index in [0.29, 0.717) is 6.54 Å². The fourth-order valence-corrected chi connectivity index (χ4v) is 1.68. The van der Waals surface area contributed by atoms with E-state index in [-0.39, 0.29) is 23.9 Å². The monoisotopic (exact) mass is 174 g/mol. The number of carboxylic acid groups (broad SMARTS) is 1. The number of carbonyl (C=O) groups excluding carboxylic acids is 1. The van der Waals surface area contributed by atoms with Crippen LogP contribution in [-0.2, 0) is 6.54 Å². The molecule has 4 nitrogen and oxygen atoms in total.